The van der Waals surface area contributed by atoms with Crippen LogP contribution >= 0.6 is 11.6 Å². The van der Waals surface area contributed by atoms with Crippen molar-refractivity contribution in [2.45, 2.75) is 63.6 Å². The van der Waals surface area contributed by atoms with E-state index in [9.17, 15) is 18.0 Å². The summed E-state index contributed by atoms with van der Waals surface area (Å²) in [7, 11) is -0.111. The number of carbonyl (C=O) groups excluding carboxylic acids is 1. The molecule has 44 heavy (non-hydrogen) atoms. The van der Waals surface area contributed by atoms with E-state index in [4.69, 9.17) is 16.6 Å². The number of piperidine rings is 1. The summed E-state index contributed by atoms with van der Waals surface area (Å²) in [5.41, 5.74) is 3.33. The van der Waals surface area contributed by atoms with Crippen LogP contribution in [0, 0.1) is 6.92 Å². The quantitative estimate of drug-likeness (QED) is 0.289. The van der Waals surface area contributed by atoms with Gasteiger partial charge in [0.05, 0.1) is 34.6 Å². The lowest BCUT2D eigenvalue weighted by Gasteiger charge is -2.39. The van der Waals surface area contributed by atoms with Crippen molar-refractivity contribution >= 4 is 50.1 Å². The molecule has 2 saturated heterocycles. The molecule has 2 fully saturated rings. The molecule has 0 aliphatic carbocycles. The maximum atomic E-state index is 13.8. The molecule has 4 aromatic rings. The first-order valence-electron chi connectivity index (χ1n) is 14.5. The van der Waals surface area contributed by atoms with E-state index in [-0.39, 0.29) is 34.2 Å². The highest BCUT2D eigenvalue weighted by molar-refractivity contribution is 7.89. The third-order valence-corrected chi connectivity index (χ3v) is 9.41. The number of benzene rings is 1. The standard InChI is InChI=1S/C30H35ClN8O4S/c1-16-12-21(17(2)32-24-8-9-25(31)33-27(24)28(40)36-44(5,42)43)26-22(13-16)29(41)38(4)30(34-26)39-19-6-7-20(39)15-18(14-19)23-10-11-37(3)35-23/h8-13,17-20,32H,6-7,14-15H2,1-5H3,(H,36,40)/t17-,18?,19-,20+/m1/s1. The van der Waals surface area contributed by atoms with Crippen molar-refractivity contribution in [3.63, 3.8) is 0 Å². The van der Waals surface area contributed by atoms with Crippen LogP contribution < -0.4 is 20.5 Å². The molecule has 6 rings (SSSR count). The molecule has 14 heteroatoms. The number of rotatable bonds is 7. The SMILES string of the molecule is Cc1cc([C@@H](C)Nc2ccc(Cl)nc2C(=O)NS(C)(=O)=O)c2nc(N3[C@@H]4CC[C@H]3CC(c3ccn(C)n3)C4)n(C)c(=O)c2c1. The zero-order valence-electron chi connectivity index (χ0n) is 25.2. The Morgan fingerprint density at radius 1 is 1.09 bits per heavy atom. The fourth-order valence-corrected chi connectivity index (χ4v) is 7.33. The van der Waals surface area contributed by atoms with Crippen LogP contribution in [0.4, 0.5) is 11.6 Å². The van der Waals surface area contributed by atoms with E-state index < -0.39 is 22.0 Å². The van der Waals surface area contributed by atoms with Crippen molar-refractivity contribution in [3.8, 4) is 0 Å². The fraction of sp³-hybridized carbons (Fsp3) is 0.433. The highest BCUT2D eigenvalue weighted by Gasteiger charge is 2.43. The Hall–Kier alpha value is -3.97. The van der Waals surface area contributed by atoms with Crippen LogP contribution in [-0.4, -0.2) is 57.0 Å². The molecule has 1 unspecified atom stereocenters. The highest BCUT2D eigenvalue weighted by atomic mass is 35.5. The lowest BCUT2D eigenvalue weighted by Crippen LogP contribution is -2.45. The number of aromatic nitrogens is 5. The normalized spacial score (nSPS) is 20.6. The van der Waals surface area contributed by atoms with Gasteiger partial charge in [-0.3, -0.25) is 18.8 Å². The second-order valence-corrected chi connectivity index (χ2v) is 14.1. The Bertz CT molecular complexity index is 1940. The second-order valence-electron chi connectivity index (χ2n) is 12.0. The molecule has 0 radical (unpaired) electrons. The summed E-state index contributed by atoms with van der Waals surface area (Å²) in [6.07, 6.45) is 6.83. The number of anilines is 2. The number of fused-ring (bicyclic) bond motifs is 3. The number of hydrogen-bond donors (Lipinski definition) is 2. The van der Waals surface area contributed by atoms with Crippen molar-refractivity contribution in [2.75, 3.05) is 16.5 Å². The molecule has 12 nitrogen and oxygen atoms in total. The average Bonchev–Trinajstić information content (AvgIpc) is 3.49. The topological polar surface area (TPSA) is 144 Å². The lowest BCUT2D eigenvalue weighted by atomic mass is 9.88. The van der Waals surface area contributed by atoms with Crippen molar-refractivity contribution in [1.82, 2.24) is 29.0 Å². The fourth-order valence-electron chi connectivity index (χ4n) is 6.75. The molecule has 4 atom stereocenters. The van der Waals surface area contributed by atoms with Crippen LogP contribution in [0.5, 0.6) is 0 Å². The van der Waals surface area contributed by atoms with Crippen LogP contribution in [0.1, 0.15) is 71.9 Å². The molecule has 1 amide bonds. The van der Waals surface area contributed by atoms with Crippen molar-refractivity contribution in [3.05, 3.63) is 74.6 Å². The minimum Gasteiger partial charge on any atom is -0.377 e. The van der Waals surface area contributed by atoms with E-state index in [1.165, 1.54) is 6.07 Å². The Balaban J connectivity index is 1.38. The first-order chi connectivity index (χ1) is 20.8. The van der Waals surface area contributed by atoms with Gasteiger partial charge in [-0.25, -0.2) is 23.1 Å². The number of hydrogen-bond acceptors (Lipinski definition) is 9. The first-order valence-corrected chi connectivity index (χ1v) is 16.8. The van der Waals surface area contributed by atoms with E-state index in [1.54, 1.807) is 17.7 Å². The maximum Gasteiger partial charge on any atom is 0.285 e. The maximum absolute atomic E-state index is 13.8. The van der Waals surface area contributed by atoms with Gasteiger partial charge in [-0.05, 0) is 69.4 Å². The van der Waals surface area contributed by atoms with E-state index in [0.717, 1.165) is 48.8 Å². The van der Waals surface area contributed by atoms with Gasteiger partial charge in [-0.2, -0.15) is 5.10 Å². The summed E-state index contributed by atoms with van der Waals surface area (Å²) >= 11 is 6.06. The lowest BCUT2D eigenvalue weighted by molar-refractivity contribution is 0.0977. The Morgan fingerprint density at radius 3 is 2.43 bits per heavy atom. The molecule has 0 saturated carbocycles. The summed E-state index contributed by atoms with van der Waals surface area (Å²) in [4.78, 5) is 38.2. The zero-order chi connectivity index (χ0) is 31.5. The van der Waals surface area contributed by atoms with Gasteiger partial charge in [-0.1, -0.05) is 17.7 Å². The number of carbonyl (C=O) groups is 1. The number of halogens is 1. The molecule has 0 spiro atoms. The number of aryl methyl sites for hydroxylation is 2. The summed E-state index contributed by atoms with van der Waals surface area (Å²) in [5, 5.41) is 8.49. The molecule has 2 aliphatic heterocycles. The molecule has 232 valence electrons. The predicted octanol–water partition coefficient (Wildman–Crippen LogP) is 3.80. The number of amides is 1. The van der Waals surface area contributed by atoms with Crippen molar-refractivity contribution in [2.24, 2.45) is 14.1 Å². The van der Waals surface area contributed by atoms with Crippen molar-refractivity contribution in [1.29, 1.82) is 0 Å². The molecule has 2 bridgehead atoms. The number of nitrogens with one attached hydrogen (secondary N) is 2. The van der Waals surface area contributed by atoms with Gasteiger partial charge < -0.3 is 10.2 Å². The summed E-state index contributed by atoms with van der Waals surface area (Å²) < 4.78 is 28.9. The molecule has 2 N–H and O–H groups in total. The molecule has 3 aromatic heterocycles. The van der Waals surface area contributed by atoms with Crippen molar-refractivity contribution < 1.29 is 13.2 Å². The van der Waals surface area contributed by atoms with Crippen LogP contribution in [0.25, 0.3) is 10.9 Å². The molecular weight excluding hydrogens is 604 g/mol. The van der Waals surface area contributed by atoms with Gasteiger partial charge in [0.25, 0.3) is 11.5 Å². The smallest absolute Gasteiger partial charge is 0.285 e. The summed E-state index contributed by atoms with van der Waals surface area (Å²) in [5.74, 6) is 0.109. The Kier molecular flexibility index (Phi) is 7.65. The number of pyridine rings is 1. The van der Waals surface area contributed by atoms with E-state index >= 15 is 0 Å². The van der Waals surface area contributed by atoms with Crippen LogP contribution in [0.15, 0.2) is 41.3 Å². The van der Waals surface area contributed by atoms with E-state index in [0.29, 0.717) is 22.8 Å². The number of nitrogens with zero attached hydrogens (tertiary/aromatic N) is 6. The van der Waals surface area contributed by atoms with Crippen LogP contribution in [0.3, 0.4) is 0 Å². The van der Waals surface area contributed by atoms with Gasteiger partial charge in [0.2, 0.25) is 16.0 Å². The van der Waals surface area contributed by atoms with Crippen LogP contribution in [-0.2, 0) is 24.1 Å². The van der Waals surface area contributed by atoms with E-state index in [2.05, 4.69) is 26.4 Å². The van der Waals surface area contributed by atoms with E-state index in [1.807, 2.05) is 48.6 Å². The Morgan fingerprint density at radius 2 is 1.80 bits per heavy atom. The van der Waals surface area contributed by atoms with Gasteiger partial charge in [0, 0.05) is 43.9 Å². The molecule has 2 aliphatic rings. The summed E-state index contributed by atoms with van der Waals surface area (Å²) in [6, 6.07) is 9.05. The zero-order valence-corrected chi connectivity index (χ0v) is 26.8. The predicted molar refractivity (Wildman–Crippen MR) is 170 cm³/mol. The number of sulfonamides is 1. The average molecular weight is 639 g/mol. The summed E-state index contributed by atoms with van der Waals surface area (Å²) in [6.45, 7) is 3.81. The molecule has 5 heterocycles. The van der Waals surface area contributed by atoms with Gasteiger partial charge in [0.15, 0.2) is 5.69 Å². The minimum atomic E-state index is -3.83. The Labute approximate surface area is 260 Å². The van der Waals surface area contributed by atoms with Gasteiger partial charge >= 0.3 is 0 Å². The third-order valence-electron chi connectivity index (χ3n) is 8.64. The minimum absolute atomic E-state index is 0.0408. The first kappa shape index (κ1) is 30.1. The van der Waals surface area contributed by atoms with Gasteiger partial charge in [-0.15, -0.1) is 0 Å². The second kappa shape index (κ2) is 11.2. The van der Waals surface area contributed by atoms with Gasteiger partial charge in [0.1, 0.15) is 5.15 Å². The van der Waals surface area contributed by atoms with Crippen LogP contribution in [0.2, 0.25) is 5.15 Å². The highest BCUT2D eigenvalue weighted by Crippen LogP contribution is 2.44. The largest absolute Gasteiger partial charge is 0.377 e. The molecular formula is C30H35ClN8O4S. The third kappa shape index (κ3) is 5.65. The monoisotopic (exact) mass is 638 g/mol. The molecule has 1 aromatic carbocycles.